The summed E-state index contributed by atoms with van der Waals surface area (Å²) in [7, 11) is -3.86. The number of hydrogen-bond donors (Lipinski definition) is 1. The van der Waals surface area contributed by atoms with Gasteiger partial charge in [-0.25, -0.2) is 27.3 Å². The molecule has 0 bridgehead atoms. The largest absolute Gasteiger partial charge is 0.286 e. The second-order valence-electron chi connectivity index (χ2n) is 6.61. The molecule has 0 aliphatic heterocycles. The summed E-state index contributed by atoms with van der Waals surface area (Å²) in [6.07, 6.45) is 0. The number of nitrogens with two attached hydrogens (primary N) is 1. The van der Waals surface area contributed by atoms with Gasteiger partial charge < -0.3 is 0 Å². The SMILES string of the molecule is NS(=O)(=O)c1ccc(-c2sc(C(=O)c3cccc(F)c3)nc2-c2ccc(F)cc2)cc1. The summed E-state index contributed by atoms with van der Waals surface area (Å²) in [5.74, 6) is -1.42. The summed E-state index contributed by atoms with van der Waals surface area (Å²) in [5, 5.41) is 5.27. The van der Waals surface area contributed by atoms with Crippen LogP contribution >= 0.6 is 11.3 Å². The topological polar surface area (TPSA) is 90.1 Å². The summed E-state index contributed by atoms with van der Waals surface area (Å²) < 4.78 is 50.0. The van der Waals surface area contributed by atoms with E-state index in [1.165, 1.54) is 54.6 Å². The van der Waals surface area contributed by atoms with Crippen LogP contribution in [0.3, 0.4) is 0 Å². The van der Waals surface area contributed by atoms with Crippen molar-refractivity contribution >= 4 is 27.1 Å². The van der Waals surface area contributed by atoms with E-state index in [2.05, 4.69) is 4.98 Å². The van der Waals surface area contributed by atoms with Crippen molar-refractivity contribution in [2.24, 2.45) is 5.14 Å². The first-order valence-corrected chi connectivity index (χ1v) is 11.3. The van der Waals surface area contributed by atoms with Crippen LogP contribution in [0, 0.1) is 11.6 Å². The summed E-state index contributed by atoms with van der Waals surface area (Å²) in [4.78, 5) is 17.9. The van der Waals surface area contributed by atoms with Gasteiger partial charge in [-0.3, -0.25) is 4.79 Å². The van der Waals surface area contributed by atoms with Crippen LogP contribution in [-0.2, 0) is 10.0 Å². The summed E-state index contributed by atoms with van der Waals surface area (Å²) in [6, 6.07) is 16.7. The van der Waals surface area contributed by atoms with E-state index in [9.17, 15) is 22.0 Å². The van der Waals surface area contributed by atoms with Crippen molar-refractivity contribution < 1.29 is 22.0 Å². The Morgan fingerprint density at radius 2 is 1.52 bits per heavy atom. The molecule has 4 rings (SSSR count). The van der Waals surface area contributed by atoms with E-state index in [0.717, 1.165) is 17.4 Å². The average Bonchev–Trinajstić information content (AvgIpc) is 3.18. The predicted octanol–water partition coefficient (Wildman–Crippen LogP) is 4.63. The maximum absolute atomic E-state index is 13.6. The quantitative estimate of drug-likeness (QED) is 0.443. The molecular formula is C22H14F2N2O3S2. The van der Waals surface area contributed by atoms with Gasteiger partial charge >= 0.3 is 0 Å². The van der Waals surface area contributed by atoms with Crippen LogP contribution < -0.4 is 5.14 Å². The van der Waals surface area contributed by atoms with E-state index < -0.39 is 27.4 Å². The minimum Gasteiger partial charge on any atom is -0.286 e. The fourth-order valence-corrected chi connectivity index (χ4v) is 4.54. The minimum absolute atomic E-state index is 0.0554. The van der Waals surface area contributed by atoms with Crippen LogP contribution in [0.4, 0.5) is 8.78 Å². The first-order valence-electron chi connectivity index (χ1n) is 8.92. The number of sulfonamides is 1. The maximum atomic E-state index is 13.6. The van der Waals surface area contributed by atoms with Crippen molar-refractivity contribution in [2.75, 3.05) is 0 Å². The summed E-state index contributed by atoms with van der Waals surface area (Å²) in [6.45, 7) is 0. The lowest BCUT2D eigenvalue weighted by Crippen LogP contribution is -2.11. The van der Waals surface area contributed by atoms with Crippen molar-refractivity contribution in [3.8, 4) is 21.7 Å². The highest BCUT2D eigenvalue weighted by atomic mass is 32.2. The minimum atomic E-state index is -3.86. The lowest BCUT2D eigenvalue weighted by molar-refractivity contribution is 0.103. The Morgan fingerprint density at radius 3 is 2.13 bits per heavy atom. The Kier molecular flexibility index (Phi) is 5.48. The van der Waals surface area contributed by atoms with Crippen LogP contribution in [0.5, 0.6) is 0 Å². The van der Waals surface area contributed by atoms with Crippen molar-refractivity contribution in [3.05, 3.63) is 95.0 Å². The second kappa shape index (κ2) is 8.10. The molecule has 5 nitrogen and oxygen atoms in total. The molecule has 0 fully saturated rings. The molecule has 156 valence electrons. The Hall–Kier alpha value is -3.27. The molecule has 4 aromatic rings. The van der Waals surface area contributed by atoms with Gasteiger partial charge in [0.15, 0.2) is 5.01 Å². The Labute approximate surface area is 180 Å². The molecule has 2 N–H and O–H groups in total. The van der Waals surface area contributed by atoms with E-state index in [1.54, 1.807) is 12.1 Å². The number of aromatic nitrogens is 1. The molecule has 9 heteroatoms. The summed E-state index contributed by atoms with van der Waals surface area (Å²) in [5.41, 5.74) is 1.74. The lowest BCUT2D eigenvalue weighted by atomic mass is 10.1. The van der Waals surface area contributed by atoms with Crippen molar-refractivity contribution in [1.29, 1.82) is 0 Å². The molecule has 0 radical (unpaired) electrons. The number of carbonyl (C=O) groups excluding carboxylic acids is 1. The third kappa shape index (κ3) is 4.43. The molecule has 0 aliphatic carbocycles. The van der Waals surface area contributed by atoms with Gasteiger partial charge in [0.05, 0.1) is 15.5 Å². The smallest absolute Gasteiger partial charge is 0.238 e. The van der Waals surface area contributed by atoms with Crippen LogP contribution in [0.15, 0.2) is 77.7 Å². The van der Waals surface area contributed by atoms with Crippen LogP contribution in [-0.4, -0.2) is 19.2 Å². The van der Waals surface area contributed by atoms with Gasteiger partial charge in [-0.05, 0) is 54.1 Å². The third-order valence-electron chi connectivity index (χ3n) is 4.47. The van der Waals surface area contributed by atoms with E-state index in [4.69, 9.17) is 5.14 Å². The van der Waals surface area contributed by atoms with E-state index in [-0.39, 0.29) is 15.5 Å². The predicted molar refractivity (Wildman–Crippen MR) is 114 cm³/mol. The number of ketones is 1. The van der Waals surface area contributed by atoms with Gasteiger partial charge in [-0.15, -0.1) is 11.3 Å². The molecule has 0 atom stereocenters. The zero-order chi connectivity index (χ0) is 22.2. The Morgan fingerprint density at radius 1 is 0.871 bits per heavy atom. The number of primary sulfonamides is 1. The maximum Gasteiger partial charge on any atom is 0.238 e. The molecule has 0 saturated carbocycles. The third-order valence-corrected chi connectivity index (χ3v) is 6.50. The van der Waals surface area contributed by atoms with Crippen LogP contribution in [0.1, 0.15) is 15.4 Å². The number of rotatable bonds is 5. The fraction of sp³-hybridized carbons (Fsp3) is 0. The molecule has 0 unspecified atom stereocenters. The van der Waals surface area contributed by atoms with Crippen molar-refractivity contribution in [2.45, 2.75) is 4.90 Å². The van der Waals surface area contributed by atoms with Gasteiger partial charge in [0.25, 0.3) is 0 Å². The number of halogens is 2. The normalized spacial score (nSPS) is 11.5. The average molecular weight is 456 g/mol. The Balaban J connectivity index is 1.84. The highest BCUT2D eigenvalue weighted by Gasteiger charge is 2.21. The zero-order valence-electron chi connectivity index (χ0n) is 15.7. The standard InChI is InChI=1S/C22H14F2N2O3S2/c23-16-8-4-13(5-9-16)19-21(14-6-10-18(11-7-14)31(25,28)29)30-22(26-19)20(27)15-2-1-3-17(24)12-15/h1-12H,(H2,25,28,29). The van der Waals surface area contributed by atoms with Crippen LogP contribution in [0.2, 0.25) is 0 Å². The van der Waals surface area contributed by atoms with E-state index in [0.29, 0.717) is 21.7 Å². The van der Waals surface area contributed by atoms with Gasteiger partial charge in [-0.2, -0.15) is 0 Å². The second-order valence-corrected chi connectivity index (χ2v) is 9.17. The van der Waals surface area contributed by atoms with Crippen molar-refractivity contribution in [1.82, 2.24) is 4.98 Å². The van der Waals surface area contributed by atoms with Gasteiger partial charge in [0.1, 0.15) is 11.6 Å². The van der Waals surface area contributed by atoms with Gasteiger partial charge in [0.2, 0.25) is 15.8 Å². The van der Waals surface area contributed by atoms with Gasteiger partial charge in [0, 0.05) is 11.1 Å². The van der Waals surface area contributed by atoms with E-state index in [1.807, 2.05) is 0 Å². The molecule has 0 aliphatic rings. The zero-order valence-corrected chi connectivity index (χ0v) is 17.4. The number of carbonyl (C=O) groups is 1. The molecular weight excluding hydrogens is 442 g/mol. The first-order chi connectivity index (χ1) is 14.7. The first kappa shape index (κ1) is 21.0. The Bertz CT molecular complexity index is 1380. The molecule has 0 saturated heterocycles. The monoisotopic (exact) mass is 456 g/mol. The highest BCUT2D eigenvalue weighted by Crippen LogP contribution is 2.38. The number of thiazole rings is 1. The molecule has 1 aromatic heterocycles. The van der Waals surface area contributed by atoms with Crippen molar-refractivity contribution in [3.63, 3.8) is 0 Å². The number of benzene rings is 3. The summed E-state index contributed by atoms with van der Waals surface area (Å²) >= 11 is 1.08. The van der Waals surface area contributed by atoms with Crippen LogP contribution in [0.25, 0.3) is 21.7 Å². The molecule has 1 heterocycles. The number of nitrogens with zero attached hydrogens (tertiary/aromatic N) is 1. The molecule has 0 amide bonds. The van der Waals surface area contributed by atoms with E-state index >= 15 is 0 Å². The molecule has 31 heavy (non-hydrogen) atoms. The molecule has 3 aromatic carbocycles. The lowest BCUT2D eigenvalue weighted by Gasteiger charge is -2.04. The van der Waals surface area contributed by atoms with Gasteiger partial charge in [-0.1, -0.05) is 24.3 Å². The fourth-order valence-electron chi connectivity index (χ4n) is 2.97. The highest BCUT2D eigenvalue weighted by molar-refractivity contribution is 7.89. The molecule has 0 spiro atoms. The number of hydrogen-bond acceptors (Lipinski definition) is 5.